The Balaban J connectivity index is 1.88. The van der Waals surface area contributed by atoms with E-state index in [0.29, 0.717) is 0 Å². The van der Waals surface area contributed by atoms with Crippen LogP contribution in [0.1, 0.15) is 37.4 Å². The molecule has 2 aliphatic rings. The third-order valence-electron chi connectivity index (χ3n) is 3.74. The molecule has 2 heterocycles. The standard InChI is InChI=1S/C14H17NO2/c16-14-15-10-6-2-5-9-12(15)13(17-14)11-7-3-1-4-8-11/h1,3-4,7-8,12-13H,2,5-6,9-10H2. The lowest BCUT2D eigenvalue weighted by molar-refractivity contribution is 0.128. The number of cyclic esters (lactones) is 1. The molecule has 1 aromatic carbocycles. The summed E-state index contributed by atoms with van der Waals surface area (Å²) in [5, 5.41) is 0. The van der Waals surface area contributed by atoms with Gasteiger partial charge in [0.1, 0.15) is 6.10 Å². The Morgan fingerprint density at radius 3 is 2.76 bits per heavy atom. The lowest BCUT2D eigenvalue weighted by Gasteiger charge is -2.21. The summed E-state index contributed by atoms with van der Waals surface area (Å²) in [7, 11) is 0. The molecular weight excluding hydrogens is 214 g/mol. The third-order valence-corrected chi connectivity index (χ3v) is 3.74. The predicted octanol–water partition coefficient (Wildman–Crippen LogP) is 3.12. The minimum absolute atomic E-state index is 0.0678. The molecule has 3 nitrogen and oxygen atoms in total. The Kier molecular flexibility index (Phi) is 2.75. The molecule has 0 bridgehead atoms. The quantitative estimate of drug-likeness (QED) is 0.743. The SMILES string of the molecule is O=C1OC(c2ccccc2)C2CCCCCN12. The molecule has 1 amide bonds. The smallest absolute Gasteiger partial charge is 0.410 e. The molecule has 2 saturated heterocycles. The van der Waals surface area contributed by atoms with Gasteiger partial charge in [0.15, 0.2) is 0 Å². The van der Waals surface area contributed by atoms with Gasteiger partial charge in [0, 0.05) is 6.54 Å². The Hall–Kier alpha value is -1.51. The van der Waals surface area contributed by atoms with Crippen LogP contribution in [0.3, 0.4) is 0 Å². The Morgan fingerprint density at radius 1 is 1.12 bits per heavy atom. The zero-order valence-corrected chi connectivity index (χ0v) is 9.84. The van der Waals surface area contributed by atoms with Crippen molar-refractivity contribution in [3.8, 4) is 0 Å². The Morgan fingerprint density at radius 2 is 1.94 bits per heavy atom. The summed E-state index contributed by atoms with van der Waals surface area (Å²) in [5.41, 5.74) is 1.12. The van der Waals surface area contributed by atoms with Crippen molar-refractivity contribution in [1.82, 2.24) is 4.90 Å². The fourth-order valence-corrected chi connectivity index (χ4v) is 2.86. The summed E-state index contributed by atoms with van der Waals surface area (Å²) in [4.78, 5) is 13.8. The molecule has 2 unspecified atom stereocenters. The average molecular weight is 231 g/mol. The van der Waals surface area contributed by atoms with Crippen molar-refractivity contribution in [3.63, 3.8) is 0 Å². The first-order valence-electron chi connectivity index (χ1n) is 6.38. The molecule has 3 rings (SSSR count). The minimum atomic E-state index is -0.134. The van der Waals surface area contributed by atoms with E-state index in [1.54, 1.807) is 0 Å². The van der Waals surface area contributed by atoms with E-state index in [4.69, 9.17) is 4.74 Å². The monoisotopic (exact) mass is 231 g/mol. The highest BCUT2D eigenvalue weighted by Gasteiger charge is 2.42. The molecule has 1 aromatic rings. The van der Waals surface area contributed by atoms with E-state index in [0.717, 1.165) is 24.9 Å². The predicted molar refractivity (Wildman–Crippen MR) is 64.6 cm³/mol. The second-order valence-electron chi connectivity index (χ2n) is 4.83. The zero-order valence-electron chi connectivity index (χ0n) is 9.84. The number of ether oxygens (including phenoxy) is 1. The van der Waals surface area contributed by atoms with E-state index >= 15 is 0 Å². The lowest BCUT2D eigenvalue weighted by Crippen LogP contribution is -2.33. The van der Waals surface area contributed by atoms with E-state index in [-0.39, 0.29) is 18.2 Å². The van der Waals surface area contributed by atoms with Gasteiger partial charge in [-0.2, -0.15) is 0 Å². The number of hydrogen-bond acceptors (Lipinski definition) is 2. The van der Waals surface area contributed by atoms with Crippen molar-refractivity contribution in [2.75, 3.05) is 6.54 Å². The third kappa shape index (κ3) is 1.90. The van der Waals surface area contributed by atoms with E-state index in [2.05, 4.69) is 0 Å². The second kappa shape index (κ2) is 4.40. The highest BCUT2D eigenvalue weighted by Crippen LogP contribution is 2.36. The van der Waals surface area contributed by atoms with E-state index < -0.39 is 0 Å². The van der Waals surface area contributed by atoms with Crippen molar-refractivity contribution < 1.29 is 9.53 Å². The van der Waals surface area contributed by atoms with Crippen molar-refractivity contribution in [2.45, 2.75) is 37.8 Å². The van der Waals surface area contributed by atoms with Crippen LogP contribution in [0.25, 0.3) is 0 Å². The molecule has 0 aliphatic carbocycles. The van der Waals surface area contributed by atoms with Crippen LogP contribution >= 0.6 is 0 Å². The first-order valence-corrected chi connectivity index (χ1v) is 6.38. The second-order valence-corrected chi connectivity index (χ2v) is 4.83. The summed E-state index contributed by atoms with van der Waals surface area (Å²) in [6, 6.07) is 10.3. The molecule has 17 heavy (non-hydrogen) atoms. The summed E-state index contributed by atoms with van der Waals surface area (Å²) in [6.07, 6.45) is 4.38. The molecule has 2 atom stereocenters. The van der Waals surface area contributed by atoms with Gasteiger partial charge < -0.3 is 9.64 Å². The first-order chi connectivity index (χ1) is 8.36. The Bertz CT molecular complexity index is 404. The van der Waals surface area contributed by atoms with Gasteiger partial charge in [0.25, 0.3) is 0 Å². The first kappa shape index (κ1) is 10.6. The van der Waals surface area contributed by atoms with Gasteiger partial charge in [-0.1, -0.05) is 43.2 Å². The number of rotatable bonds is 1. The van der Waals surface area contributed by atoms with Crippen LogP contribution in [0.5, 0.6) is 0 Å². The van der Waals surface area contributed by atoms with Crippen molar-refractivity contribution >= 4 is 6.09 Å². The van der Waals surface area contributed by atoms with Gasteiger partial charge in [-0.05, 0) is 18.4 Å². The summed E-state index contributed by atoms with van der Waals surface area (Å²) in [5.74, 6) is 0. The summed E-state index contributed by atoms with van der Waals surface area (Å²) >= 11 is 0. The van der Waals surface area contributed by atoms with Crippen molar-refractivity contribution in [3.05, 3.63) is 35.9 Å². The van der Waals surface area contributed by atoms with Gasteiger partial charge >= 0.3 is 6.09 Å². The summed E-state index contributed by atoms with van der Waals surface area (Å²) in [6.45, 7) is 0.854. The highest BCUT2D eigenvalue weighted by atomic mass is 16.6. The number of nitrogens with zero attached hydrogens (tertiary/aromatic N) is 1. The van der Waals surface area contributed by atoms with Crippen molar-refractivity contribution in [1.29, 1.82) is 0 Å². The van der Waals surface area contributed by atoms with Gasteiger partial charge in [0.05, 0.1) is 6.04 Å². The molecule has 3 heteroatoms. The lowest BCUT2D eigenvalue weighted by atomic mass is 9.98. The fourth-order valence-electron chi connectivity index (χ4n) is 2.86. The maximum Gasteiger partial charge on any atom is 0.410 e. The zero-order chi connectivity index (χ0) is 11.7. The Labute approximate surface area is 101 Å². The minimum Gasteiger partial charge on any atom is -0.439 e. The molecule has 0 spiro atoms. The van der Waals surface area contributed by atoms with Crippen LogP contribution in [-0.2, 0) is 4.74 Å². The van der Waals surface area contributed by atoms with Crippen LogP contribution in [-0.4, -0.2) is 23.6 Å². The van der Waals surface area contributed by atoms with Gasteiger partial charge in [-0.3, -0.25) is 0 Å². The largest absolute Gasteiger partial charge is 0.439 e. The maximum atomic E-state index is 11.8. The molecule has 0 radical (unpaired) electrons. The van der Waals surface area contributed by atoms with Crippen LogP contribution in [0.2, 0.25) is 0 Å². The van der Waals surface area contributed by atoms with Crippen LogP contribution in [0, 0.1) is 0 Å². The average Bonchev–Trinajstić information content (AvgIpc) is 2.57. The molecule has 0 saturated carbocycles. The van der Waals surface area contributed by atoms with Crippen molar-refractivity contribution in [2.24, 2.45) is 0 Å². The number of amides is 1. The molecule has 0 aromatic heterocycles. The van der Waals surface area contributed by atoms with Crippen LogP contribution in [0.15, 0.2) is 30.3 Å². The summed E-state index contributed by atoms with van der Waals surface area (Å²) < 4.78 is 5.54. The van der Waals surface area contributed by atoms with Gasteiger partial charge in [-0.15, -0.1) is 0 Å². The molecule has 2 aliphatic heterocycles. The van der Waals surface area contributed by atoms with Gasteiger partial charge in [-0.25, -0.2) is 4.79 Å². The fraction of sp³-hybridized carbons (Fsp3) is 0.500. The number of fused-ring (bicyclic) bond motifs is 1. The van der Waals surface area contributed by atoms with Crippen LogP contribution < -0.4 is 0 Å². The molecule has 2 fully saturated rings. The number of hydrogen-bond donors (Lipinski definition) is 0. The highest BCUT2D eigenvalue weighted by molar-refractivity contribution is 5.71. The number of carbonyl (C=O) groups is 1. The molecule has 0 N–H and O–H groups in total. The molecular formula is C14H17NO2. The maximum absolute atomic E-state index is 11.8. The van der Waals surface area contributed by atoms with E-state index in [1.807, 2.05) is 35.2 Å². The number of benzene rings is 1. The number of carbonyl (C=O) groups excluding carboxylic acids is 1. The van der Waals surface area contributed by atoms with E-state index in [1.165, 1.54) is 12.8 Å². The van der Waals surface area contributed by atoms with Gasteiger partial charge in [0.2, 0.25) is 0 Å². The van der Waals surface area contributed by atoms with E-state index in [9.17, 15) is 4.79 Å². The normalized spacial score (nSPS) is 28.5. The van der Waals surface area contributed by atoms with Crippen LogP contribution in [0.4, 0.5) is 4.79 Å². The topological polar surface area (TPSA) is 29.5 Å². The molecule has 90 valence electrons.